The molecule has 1 aromatic rings. The zero-order valence-corrected chi connectivity index (χ0v) is 10.6. The minimum Gasteiger partial charge on any atom is -0.493 e. The van der Waals surface area contributed by atoms with Gasteiger partial charge in [-0.1, -0.05) is 12.1 Å². The largest absolute Gasteiger partial charge is 0.493 e. The van der Waals surface area contributed by atoms with Crippen molar-refractivity contribution >= 4 is 11.8 Å². The third-order valence-electron chi connectivity index (χ3n) is 3.69. The van der Waals surface area contributed by atoms with Gasteiger partial charge in [-0.3, -0.25) is 11.3 Å². The van der Waals surface area contributed by atoms with E-state index in [-0.39, 0.29) is 6.04 Å². The Morgan fingerprint density at radius 1 is 1.47 bits per heavy atom. The van der Waals surface area contributed by atoms with E-state index in [1.54, 1.807) is 0 Å². The van der Waals surface area contributed by atoms with Crippen LogP contribution in [0.2, 0.25) is 0 Å². The van der Waals surface area contributed by atoms with Gasteiger partial charge < -0.3 is 4.74 Å². The molecule has 3 nitrogen and oxygen atoms in total. The van der Waals surface area contributed by atoms with Crippen molar-refractivity contribution in [3.63, 3.8) is 0 Å². The first-order chi connectivity index (χ1) is 8.38. The molecule has 0 radical (unpaired) electrons. The molecule has 0 spiro atoms. The molecule has 3 N–H and O–H groups in total. The molecule has 2 aliphatic heterocycles. The molecule has 0 aliphatic carbocycles. The lowest BCUT2D eigenvalue weighted by Gasteiger charge is -2.22. The van der Waals surface area contributed by atoms with Crippen LogP contribution < -0.4 is 16.0 Å². The first kappa shape index (κ1) is 11.4. The van der Waals surface area contributed by atoms with Gasteiger partial charge in [0, 0.05) is 12.5 Å². The van der Waals surface area contributed by atoms with Crippen LogP contribution in [0.1, 0.15) is 23.6 Å². The van der Waals surface area contributed by atoms with Gasteiger partial charge >= 0.3 is 0 Å². The van der Waals surface area contributed by atoms with Crippen molar-refractivity contribution in [2.45, 2.75) is 18.9 Å². The zero-order valence-electron chi connectivity index (χ0n) is 9.82. The molecule has 1 fully saturated rings. The monoisotopic (exact) mass is 250 g/mol. The van der Waals surface area contributed by atoms with E-state index in [9.17, 15) is 0 Å². The van der Waals surface area contributed by atoms with Gasteiger partial charge in [0.2, 0.25) is 0 Å². The van der Waals surface area contributed by atoms with Crippen molar-refractivity contribution in [3.8, 4) is 5.75 Å². The number of hydrogen-bond donors (Lipinski definition) is 2. The van der Waals surface area contributed by atoms with Gasteiger partial charge in [0.05, 0.1) is 6.61 Å². The van der Waals surface area contributed by atoms with Gasteiger partial charge in [-0.05, 0) is 41.0 Å². The molecule has 4 heteroatoms. The molecular formula is C13H18N2OS. The lowest BCUT2D eigenvalue weighted by atomic mass is 9.92. The van der Waals surface area contributed by atoms with Crippen molar-refractivity contribution in [2.24, 2.45) is 11.8 Å². The van der Waals surface area contributed by atoms with E-state index >= 15 is 0 Å². The van der Waals surface area contributed by atoms with Crippen LogP contribution in [-0.2, 0) is 6.42 Å². The van der Waals surface area contributed by atoms with E-state index in [0.717, 1.165) is 18.8 Å². The number of ether oxygens (including phenoxy) is 1. The number of thioether (sulfide) groups is 1. The fourth-order valence-electron chi connectivity index (χ4n) is 2.72. The second-order valence-corrected chi connectivity index (χ2v) is 5.88. The maximum absolute atomic E-state index is 5.74. The minimum absolute atomic E-state index is 0.288. The van der Waals surface area contributed by atoms with Crippen LogP contribution in [0.15, 0.2) is 18.2 Å². The fourth-order valence-corrected chi connectivity index (χ4v) is 4.02. The highest BCUT2D eigenvalue weighted by molar-refractivity contribution is 7.99. The molecule has 1 aromatic carbocycles. The molecule has 0 bridgehead atoms. The maximum Gasteiger partial charge on any atom is 0.122 e. The average molecular weight is 250 g/mol. The molecule has 2 atom stereocenters. The summed E-state index contributed by atoms with van der Waals surface area (Å²) in [6.45, 7) is 0.818. The first-order valence-corrected chi connectivity index (χ1v) is 7.33. The van der Waals surface area contributed by atoms with Gasteiger partial charge in [-0.2, -0.15) is 11.8 Å². The molecule has 3 rings (SSSR count). The van der Waals surface area contributed by atoms with E-state index < -0.39 is 0 Å². The Morgan fingerprint density at radius 3 is 3.18 bits per heavy atom. The van der Waals surface area contributed by atoms with Gasteiger partial charge in [-0.25, -0.2) is 0 Å². The summed E-state index contributed by atoms with van der Waals surface area (Å²) in [7, 11) is 0. The normalized spacial score (nSPS) is 24.4. The molecule has 0 aromatic heterocycles. The van der Waals surface area contributed by atoms with E-state index in [4.69, 9.17) is 10.6 Å². The molecule has 2 unspecified atom stereocenters. The topological polar surface area (TPSA) is 47.3 Å². The SMILES string of the molecule is NNC(c1ccc2c(c1)CCO2)C1CCSC1. The quantitative estimate of drug-likeness (QED) is 0.635. The highest BCUT2D eigenvalue weighted by atomic mass is 32.2. The number of hydrogen-bond acceptors (Lipinski definition) is 4. The Kier molecular flexibility index (Phi) is 3.27. The van der Waals surface area contributed by atoms with E-state index in [0.29, 0.717) is 5.92 Å². The van der Waals surface area contributed by atoms with Gasteiger partial charge in [-0.15, -0.1) is 0 Å². The summed E-state index contributed by atoms with van der Waals surface area (Å²) < 4.78 is 5.54. The highest BCUT2D eigenvalue weighted by Gasteiger charge is 2.26. The fraction of sp³-hybridized carbons (Fsp3) is 0.538. The van der Waals surface area contributed by atoms with Crippen LogP contribution >= 0.6 is 11.8 Å². The Labute approximate surface area is 106 Å². The molecule has 2 aliphatic rings. The number of nitrogens with two attached hydrogens (primary N) is 1. The summed E-state index contributed by atoms with van der Waals surface area (Å²) >= 11 is 2.03. The van der Waals surface area contributed by atoms with Crippen molar-refractivity contribution in [2.75, 3.05) is 18.1 Å². The van der Waals surface area contributed by atoms with Crippen molar-refractivity contribution in [1.82, 2.24) is 5.43 Å². The average Bonchev–Trinajstić information content (AvgIpc) is 2.99. The summed E-state index contributed by atoms with van der Waals surface area (Å²) in [5, 5.41) is 0. The molecule has 2 heterocycles. The summed E-state index contributed by atoms with van der Waals surface area (Å²) in [5.74, 6) is 9.92. The molecular weight excluding hydrogens is 232 g/mol. The van der Waals surface area contributed by atoms with Crippen LogP contribution in [-0.4, -0.2) is 18.1 Å². The summed E-state index contributed by atoms with van der Waals surface area (Å²) in [6.07, 6.45) is 2.28. The number of hydrazine groups is 1. The molecule has 92 valence electrons. The third-order valence-corrected chi connectivity index (χ3v) is 4.88. The Hall–Kier alpha value is -0.710. The van der Waals surface area contributed by atoms with Gasteiger partial charge in [0.1, 0.15) is 5.75 Å². The smallest absolute Gasteiger partial charge is 0.122 e. The van der Waals surface area contributed by atoms with Crippen molar-refractivity contribution < 1.29 is 4.74 Å². The summed E-state index contributed by atoms with van der Waals surface area (Å²) in [5.41, 5.74) is 5.63. The predicted octanol–water partition coefficient (Wildman–Crippen LogP) is 1.88. The molecule has 0 amide bonds. The second kappa shape index (κ2) is 4.88. The third kappa shape index (κ3) is 2.17. The highest BCUT2D eigenvalue weighted by Crippen LogP contribution is 2.36. The number of nitrogens with one attached hydrogen (secondary N) is 1. The number of fused-ring (bicyclic) bond motifs is 1. The molecule has 17 heavy (non-hydrogen) atoms. The van der Waals surface area contributed by atoms with Gasteiger partial charge in [0.15, 0.2) is 0 Å². The second-order valence-electron chi connectivity index (χ2n) is 4.73. The first-order valence-electron chi connectivity index (χ1n) is 6.18. The van der Waals surface area contributed by atoms with E-state index in [1.165, 1.54) is 29.1 Å². The van der Waals surface area contributed by atoms with Crippen LogP contribution in [0.25, 0.3) is 0 Å². The standard InChI is InChI=1S/C13H18N2OS/c14-15-13(11-4-6-17-8-11)10-1-2-12-9(7-10)3-5-16-12/h1-2,7,11,13,15H,3-6,8,14H2. The minimum atomic E-state index is 0.288. The molecule has 1 saturated heterocycles. The summed E-state index contributed by atoms with van der Waals surface area (Å²) in [6, 6.07) is 6.79. The Morgan fingerprint density at radius 2 is 2.41 bits per heavy atom. The molecule has 0 saturated carbocycles. The van der Waals surface area contributed by atoms with Crippen molar-refractivity contribution in [3.05, 3.63) is 29.3 Å². The lowest BCUT2D eigenvalue weighted by Crippen LogP contribution is -2.33. The predicted molar refractivity (Wildman–Crippen MR) is 71.1 cm³/mol. The Bertz CT molecular complexity index is 404. The lowest BCUT2D eigenvalue weighted by molar-refractivity contribution is 0.356. The number of benzene rings is 1. The van der Waals surface area contributed by atoms with Crippen LogP contribution in [0.3, 0.4) is 0 Å². The van der Waals surface area contributed by atoms with Gasteiger partial charge in [0.25, 0.3) is 0 Å². The number of rotatable bonds is 3. The maximum atomic E-state index is 5.74. The zero-order chi connectivity index (χ0) is 11.7. The van der Waals surface area contributed by atoms with Crippen LogP contribution in [0.5, 0.6) is 5.75 Å². The summed E-state index contributed by atoms with van der Waals surface area (Å²) in [4.78, 5) is 0. The van der Waals surface area contributed by atoms with Crippen LogP contribution in [0.4, 0.5) is 0 Å². The van der Waals surface area contributed by atoms with E-state index in [2.05, 4.69) is 23.6 Å². The van der Waals surface area contributed by atoms with E-state index in [1.807, 2.05) is 11.8 Å². The van der Waals surface area contributed by atoms with Crippen molar-refractivity contribution in [1.29, 1.82) is 0 Å². The van der Waals surface area contributed by atoms with Crippen LogP contribution in [0, 0.1) is 5.92 Å². The Balaban J connectivity index is 1.85.